The van der Waals surface area contributed by atoms with Crippen molar-refractivity contribution >= 4 is 63.7 Å². The van der Waals surface area contributed by atoms with Crippen LogP contribution in [0.1, 0.15) is 84.4 Å². The van der Waals surface area contributed by atoms with E-state index in [9.17, 15) is 47.4 Å². The number of likely N-dealkylation sites (tertiary alicyclic amines) is 1. The zero-order chi connectivity index (χ0) is 44.9. The van der Waals surface area contributed by atoms with Crippen LogP contribution < -0.4 is 21.3 Å². The van der Waals surface area contributed by atoms with Gasteiger partial charge in [0.2, 0.25) is 23.6 Å². The number of alkyl halides is 2. The second kappa shape index (κ2) is 18.4. The van der Waals surface area contributed by atoms with Crippen molar-refractivity contribution in [2.75, 3.05) is 23.7 Å². The maximum absolute atomic E-state index is 14.7. The van der Waals surface area contributed by atoms with Gasteiger partial charge in [0.15, 0.2) is 0 Å². The number of halogens is 2. The van der Waals surface area contributed by atoms with Gasteiger partial charge in [0.05, 0.1) is 30.8 Å². The predicted molar refractivity (Wildman–Crippen MR) is 221 cm³/mol. The molecule has 4 heterocycles. The van der Waals surface area contributed by atoms with Crippen LogP contribution in [0.4, 0.5) is 20.2 Å². The molecule has 0 bridgehead atoms. The number of nitrogens with one attached hydrogen (secondary N) is 4. The lowest BCUT2D eigenvalue weighted by atomic mass is 10.0. The molecule has 16 nitrogen and oxygen atoms in total. The standard InChI is InChI=1S/C42H41F2N7O9.C2H6/c1-41(2,49-31-9-5-7-27-28(31)19-50(39(27)58)32-12-13-34(53)48-37(32)56)40(59)60-21-23-10-11-29(24(16-23)20-52)47-38(57)33-17-42(43,44)22-51(33)35(54)18-46-36(55)26-14-15-45-30-8-4-3-6-25(26)30;1-2/h3-11,14-16,32-33,49,52H,12-13,17-22H2,1-2H3,(H,46,55)(H,47,57)(H,48,53,56);1-2H3. The molecule has 3 aliphatic rings. The molecule has 3 aromatic carbocycles. The molecule has 2 unspecified atom stereocenters. The van der Waals surface area contributed by atoms with Crippen LogP contribution in [0.15, 0.2) is 72.9 Å². The SMILES string of the molecule is CC.CC(C)(Nc1cccc2c1CN(C1CCC(=O)NC1=O)C2=O)C(=O)OCc1ccc(NC(=O)C2CC(F)(F)CN2C(=O)CNC(=O)c2ccnc3ccccc23)c(CO)c1. The Bertz CT molecular complexity index is 2440. The highest BCUT2D eigenvalue weighted by molar-refractivity contribution is 6.08. The first-order valence-electron chi connectivity index (χ1n) is 20.1. The van der Waals surface area contributed by atoms with Crippen molar-refractivity contribution in [3.63, 3.8) is 0 Å². The van der Waals surface area contributed by atoms with E-state index in [0.717, 1.165) is 4.90 Å². The van der Waals surface area contributed by atoms with Gasteiger partial charge in [0.25, 0.3) is 17.7 Å². The van der Waals surface area contributed by atoms with Crippen LogP contribution in [0.5, 0.6) is 0 Å². The van der Waals surface area contributed by atoms with Gasteiger partial charge in [0.1, 0.15) is 24.2 Å². The molecule has 62 heavy (non-hydrogen) atoms. The number of esters is 1. The van der Waals surface area contributed by atoms with Gasteiger partial charge in [-0.15, -0.1) is 0 Å². The number of amides is 6. The van der Waals surface area contributed by atoms with Gasteiger partial charge in [-0.05, 0) is 62.2 Å². The van der Waals surface area contributed by atoms with Crippen molar-refractivity contribution in [3.05, 3.63) is 101 Å². The fourth-order valence-corrected chi connectivity index (χ4v) is 7.59. The third-order valence-electron chi connectivity index (χ3n) is 10.7. The minimum Gasteiger partial charge on any atom is -0.459 e. The number of nitrogens with zero attached hydrogens (tertiary/aromatic N) is 3. The third-order valence-corrected chi connectivity index (χ3v) is 10.7. The van der Waals surface area contributed by atoms with Gasteiger partial charge in [-0.2, -0.15) is 0 Å². The summed E-state index contributed by atoms with van der Waals surface area (Å²) >= 11 is 0. The molecular weight excluding hydrogens is 809 g/mol. The van der Waals surface area contributed by atoms with E-state index in [2.05, 4.69) is 26.3 Å². The van der Waals surface area contributed by atoms with Crippen LogP contribution in [0, 0.1) is 0 Å². The van der Waals surface area contributed by atoms with Gasteiger partial charge in [0, 0.05) is 59.0 Å². The Kier molecular flexibility index (Phi) is 13.3. The number of benzene rings is 3. The van der Waals surface area contributed by atoms with Gasteiger partial charge < -0.3 is 35.6 Å². The Morgan fingerprint density at radius 3 is 2.50 bits per heavy atom. The number of fused-ring (bicyclic) bond motifs is 2. The third kappa shape index (κ3) is 9.54. The quantitative estimate of drug-likeness (QED) is 0.101. The summed E-state index contributed by atoms with van der Waals surface area (Å²) < 4.78 is 35.0. The van der Waals surface area contributed by atoms with E-state index in [1.54, 1.807) is 56.3 Å². The minimum atomic E-state index is -3.38. The molecule has 4 aromatic rings. The Morgan fingerprint density at radius 2 is 1.76 bits per heavy atom. The number of anilines is 2. The van der Waals surface area contributed by atoms with E-state index in [-0.39, 0.29) is 48.7 Å². The number of para-hydroxylation sites is 1. The highest BCUT2D eigenvalue weighted by Gasteiger charge is 2.50. The van der Waals surface area contributed by atoms with Crippen molar-refractivity contribution in [1.29, 1.82) is 0 Å². The second-order valence-corrected chi connectivity index (χ2v) is 15.4. The second-order valence-electron chi connectivity index (χ2n) is 15.4. The van der Waals surface area contributed by atoms with E-state index in [4.69, 9.17) is 4.74 Å². The van der Waals surface area contributed by atoms with Crippen LogP contribution in [0.25, 0.3) is 10.9 Å². The maximum Gasteiger partial charge on any atom is 0.331 e. The number of rotatable bonds is 12. The average molecular weight is 856 g/mol. The monoisotopic (exact) mass is 855 g/mol. The number of piperidine rings is 1. The molecule has 0 spiro atoms. The van der Waals surface area contributed by atoms with Crippen LogP contribution >= 0.6 is 0 Å². The van der Waals surface area contributed by atoms with Gasteiger partial charge in [-0.1, -0.05) is 44.2 Å². The Hall–Kier alpha value is -6.82. The summed E-state index contributed by atoms with van der Waals surface area (Å²) in [5, 5.41) is 21.1. The summed E-state index contributed by atoms with van der Waals surface area (Å²) in [7, 11) is 0. The molecule has 5 N–H and O–H groups in total. The highest BCUT2D eigenvalue weighted by atomic mass is 19.3. The first-order valence-corrected chi connectivity index (χ1v) is 20.1. The predicted octanol–water partition coefficient (Wildman–Crippen LogP) is 4.05. The highest BCUT2D eigenvalue weighted by Crippen LogP contribution is 2.35. The van der Waals surface area contributed by atoms with Crippen molar-refractivity contribution in [1.82, 2.24) is 25.4 Å². The summed E-state index contributed by atoms with van der Waals surface area (Å²) in [4.78, 5) is 96.7. The molecule has 7 rings (SSSR count). The Morgan fingerprint density at radius 1 is 1.00 bits per heavy atom. The lowest BCUT2D eigenvalue weighted by molar-refractivity contribution is -0.149. The first kappa shape index (κ1) is 44.7. The number of hydrogen-bond acceptors (Lipinski definition) is 11. The van der Waals surface area contributed by atoms with E-state index in [0.29, 0.717) is 33.3 Å². The van der Waals surface area contributed by atoms with Crippen LogP contribution in [0.3, 0.4) is 0 Å². The van der Waals surface area contributed by atoms with E-state index >= 15 is 0 Å². The van der Waals surface area contributed by atoms with Gasteiger partial charge >= 0.3 is 5.97 Å². The fraction of sp³-hybridized carbons (Fsp3) is 0.364. The summed E-state index contributed by atoms with van der Waals surface area (Å²) in [6.45, 7) is 4.73. The van der Waals surface area contributed by atoms with Crippen molar-refractivity contribution < 1.29 is 52.2 Å². The Balaban J connectivity index is 0.00000316. The lowest BCUT2D eigenvalue weighted by Crippen LogP contribution is -2.52. The molecule has 2 saturated heterocycles. The zero-order valence-corrected chi connectivity index (χ0v) is 34.6. The van der Waals surface area contributed by atoms with E-state index in [1.807, 2.05) is 13.8 Å². The average Bonchev–Trinajstić information content (AvgIpc) is 3.78. The van der Waals surface area contributed by atoms with Gasteiger partial charge in [-0.25, -0.2) is 13.6 Å². The van der Waals surface area contributed by atoms with Crippen molar-refractivity contribution in [3.8, 4) is 0 Å². The van der Waals surface area contributed by atoms with Crippen LogP contribution in [-0.2, 0) is 48.5 Å². The summed E-state index contributed by atoms with van der Waals surface area (Å²) in [5.74, 6) is -7.81. The number of pyridine rings is 1. The molecule has 0 radical (unpaired) electrons. The zero-order valence-electron chi connectivity index (χ0n) is 34.6. The maximum atomic E-state index is 14.7. The lowest BCUT2D eigenvalue weighted by Gasteiger charge is -2.29. The Labute approximate surface area is 355 Å². The summed E-state index contributed by atoms with van der Waals surface area (Å²) in [6.07, 6.45) is 0.783. The topological polar surface area (TPSA) is 216 Å². The smallest absolute Gasteiger partial charge is 0.331 e. The number of aliphatic hydroxyl groups excluding tert-OH is 1. The van der Waals surface area contributed by atoms with Crippen molar-refractivity contribution in [2.24, 2.45) is 0 Å². The number of aromatic nitrogens is 1. The largest absolute Gasteiger partial charge is 0.459 e. The molecular formula is C44H47F2N7O9. The molecule has 0 saturated carbocycles. The van der Waals surface area contributed by atoms with Crippen LogP contribution in [0.2, 0.25) is 0 Å². The minimum absolute atomic E-state index is 0.0823. The molecule has 18 heteroatoms. The number of hydrogen-bond donors (Lipinski definition) is 5. The van der Waals surface area contributed by atoms with Crippen molar-refractivity contribution in [2.45, 2.75) is 90.3 Å². The number of ether oxygens (including phenoxy) is 1. The normalized spacial score (nSPS) is 18.0. The molecule has 1 aromatic heterocycles. The number of carbonyl (C=O) groups excluding carboxylic acids is 7. The molecule has 0 aliphatic carbocycles. The van der Waals surface area contributed by atoms with E-state index < -0.39 is 85.2 Å². The van der Waals surface area contributed by atoms with Gasteiger partial charge in [-0.3, -0.25) is 39.1 Å². The first-order chi connectivity index (χ1) is 29.5. The molecule has 6 amide bonds. The number of carbonyl (C=O) groups is 7. The molecule has 326 valence electrons. The number of imide groups is 1. The summed E-state index contributed by atoms with van der Waals surface area (Å²) in [5.41, 5.74) is 1.56. The molecule has 2 atom stereocenters. The van der Waals surface area contributed by atoms with Crippen LogP contribution in [-0.4, -0.2) is 97.9 Å². The molecule has 3 aliphatic heterocycles. The molecule has 2 fully saturated rings. The van der Waals surface area contributed by atoms with E-state index in [1.165, 1.54) is 35.4 Å². The summed E-state index contributed by atoms with van der Waals surface area (Å²) in [6, 6.07) is 15.3. The fourth-order valence-electron chi connectivity index (χ4n) is 7.59. The number of aliphatic hydroxyl groups is 1.